The third-order valence-corrected chi connectivity index (χ3v) is 11.8. The summed E-state index contributed by atoms with van der Waals surface area (Å²) in [6, 6.07) is 2.52. The van der Waals surface area contributed by atoms with E-state index in [0.717, 1.165) is 68.2 Å². The van der Waals surface area contributed by atoms with Crippen LogP contribution in [0.2, 0.25) is 0 Å². The number of esters is 1. The average Bonchev–Trinajstić information content (AvgIpc) is 3.00. The number of nitrogens with zero attached hydrogens (tertiary/aromatic N) is 1. The number of rotatable bonds is 10. The summed E-state index contributed by atoms with van der Waals surface area (Å²) in [5.41, 5.74) is 0.508. The van der Waals surface area contributed by atoms with Crippen molar-refractivity contribution in [3.8, 4) is 0 Å². The zero-order valence-corrected chi connectivity index (χ0v) is 26.0. The molecule has 0 aromatic rings. The van der Waals surface area contributed by atoms with E-state index in [1.54, 1.807) is 6.92 Å². The van der Waals surface area contributed by atoms with Crippen LogP contribution in [0.5, 0.6) is 0 Å². The largest absolute Gasteiger partial charge is 0.459 e. The molecule has 0 unspecified atom stereocenters. The molecule has 0 N–H and O–H groups in total. The smallest absolute Gasteiger partial charge is 0.333 e. The van der Waals surface area contributed by atoms with E-state index in [9.17, 15) is 4.79 Å². The van der Waals surface area contributed by atoms with Crippen LogP contribution in [0.25, 0.3) is 0 Å². The molecule has 0 bridgehead atoms. The first-order chi connectivity index (χ1) is 19.6. The highest BCUT2D eigenvalue weighted by Crippen LogP contribution is 2.42. The predicted molar refractivity (Wildman–Crippen MR) is 164 cm³/mol. The average molecular weight is 556 g/mol. The van der Waals surface area contributed by atoms with Crippen molar-refractivity contribution in [2.45, 2.75) is 185 Å². The second kappa shape index (κ2) is 15.6. The van der Waals surface area contributed by atoms with Gasteiger partial charge in [0.15, 0.2) is 0 Å². The molecule has 0 aliphatic heterocycles. The first kappa shape index (κ1) is 30.6. The molecule has 0 heterocycles. The zero-order chi connectivity index (χ0) is 27.7. The Bertz CT molecular complexity index is 761. The molecule has 0 aromatic carbocycles. The lowest BCUT2D eigenvalue weighted by molar-refractivity contribution is -0.146. The molecule has 5 fully saturated rings. The highest BCUT2D eigenvalue weighted by molar-refractivity contribution is 5.87. The number of carbonyl (C=O) groups is 1. The maximum Gasteiger partial charge on any atom is 0.333 e. The van der Waals surface area contributed by atoms with E-state index in [1.165, 1.54) is 122 Å². The van der Waals surface area contributed by atoms with Gasteiger partial charge in [-0.1, -0.05) is 57.9 Å². The molecule has 4 heteroatoms. The summed E-state index contributed by atoms with van der Waals surface area (Å²) in [7, 11) is 0. The van der Waals surface area contributed by atoms with Crippen LogP contribution in [0.4, 0.5) is 0 Å². The van der Waals surface area contributed by atoms with Gasteiger partial charge in [-0.05, 0) is 121 Å². The summed E-state index contributed by atoms with van der Waals surface area (Å²) in [6.45, 7) is 6.35. The maximum absolute atomic E-state index is 11.8. The van der Waals surface area contributed by atoms with Crippen molar-refractivity contribution in [3.05, 3.63) is 12.2 Å². The van der Waals surface area contributed by atoms with Crippen molar-refractivity contribution in [1.82, 2.24) is 4.90 Å². The summed E-state index contributed by atoms with van der Waals surface area (Å²) in [5, 5.41) is 0. The van der Waals surface area contributed by atoms with Crippen LogP contribution in [0.3, 0.4) is 0 Å². The van der Waals surface area contributed by atoms with Crippen molar-refractivity contribution in [1.29, 1.82) is 0 Å². The number of ether oxygens (including phenoxy) is 2. The van der Waals surface area contributed by atoms with Gasteiger partial charge in [-0.2, -0.15) is 0 Å². The minimum absolute atomic E-state index is 0.0889. The molecule has 0 amide bonds. The van der Waals surface area contributed by atoms with Gasteiger partial charge in [-0.15, -0.1) is 0 Å². The van der Waals surface area contributed by atoms with Crippen LogP contribution < -0.4 is 0 Å². The van der Waals surface area contributed by atoms with Gasteiger partial charge in [0.1, 0.15) is 6.10 Å². The van der Waals surface area contributed by atoms with Crippen molar-refractivity contribution in [3.63, 3.8) is 0 Å². The first-order valence-electron chi connectivity index (χ1n) is 17.8. The fourth-order valence-electron chi connectivity index (χ4n) is 9.45. The van der Waals surface area contributed by atoms with Gasteiger partial charge in [0, 0.05) is 30.3 Å². The van der Waals surface area contributed by atoms with Crippen LogP contribution in [-0.2, 0) is 14.3 Å². The molecule has 4 nitrogen and oxygen atoms in total. The van der Waals surface area contributed by atoms with E-state index in [2.05, 4.69) is 11.5 Å². The highest BCUT2D eigenvalue weighted by atomic mass is 16.5. The minimum Gasteiger partial charge on any atom is -0.459 e. The second-order valence-corrected chi connectivity index (χ2v) is 14.6. The van der Waals surface area contributed by atoms with Crippen molar-refractivity contribution < 1.29 is 14.3 Å². The van der Waals surface area contributed by atoms with Gasteiger partial charge >= 0.3 is 5.97 Å². The van der Waals surface area contributed by atoms with E-state index in [0.29, 0.717) is 11.7 Å². The van der Waals surface area contributed by atoms with E-state index < -0.39 is 0 Å². The molecule has 0 saturated heterocycles. The summed E-state index contributed by atoms with van der Waals surface area (Å²) < 4.78 is 12.1. The Labute approximate surface area is 246 Å². The lowest BCUT2D eigenvalue weighted by Crippen LogP contribution is -2.53. The maximum atomic E-state index is 11.8. The molecule has 5 aliphatic rings. The van der Waals surface area contributed by atoms with Gasteiger partial charge < -0.3 is 9.47 Å². The molecular weight excluding hydrogens is 494 g/mol. The zero-order valence-electron chi connectivity index (χ0n) is 26.0. The van der Waals surface area contributed by atoms with Gasteiger partial charge in [-0.25, -0.2) is 4.79 Å². The SMILES string of the molecule is C=C(C)C(=O)OC1CCC(CCOC2CCC(N(C3CCCCC3)C3CCC(C4CCCCC4)CC3)CC2)CC1. The summed E-state index contributed by atoms with van der Waals surface area (Å²) in [5.74, 6) is 2.59. The highest BCUT2D eigenvalue weighted by Gasteiger charge is 2.38. The van der Waals surface area contributed by atoms with E-state index >= 15 is 0 Å². The van der Waals surface area contributed by atoms with Gasteiger partial charge in [0.25, 0.3) is 0 Å². The van der Waals surface area contributed by atoms with Gasteiger partial charge in [0.2, 0.25) is 0 Å². The molecule has 0 atom stereocenters. The summed E-state index contributed by atoms with van der Waals surface area (Å²) >= 11 is 0. The Hall–Kier alpha value is -0.870. The Morgan fingerprint density at radius 3 is 1.73 bits per heavy atom. The summed E-state index contributed by atoms with van der Waals surface area (Å²) in [4.78, 5) is 14.9. The molecule has 0 aromatic heterocycles. The predicted octanol–water partition coefficient (Wildman–Crippen LogP) is 9.16. The molecule has 5 aliphatic carbocycles. The van der Waals surface area contributed by atoms with Crippen molar-refractivity contribution in [2.75, 3.05) is 6.61 Å². The molecule has 0 radical (unpaired) electrons. The topological polar surface area (TPSA) is 38.8 Å². The first-order valence-corrected chi connectivity index (χ1v) is 17.8. The van der Waals surface area contributed by atoms with Gasteiger partial charge in [0.05, 0.1) is 6.10 Å². The van der Waals surface area contributed by atoms with Crippen LogP contribution in [0.1, 0.15) is 155 Å². The molecule has 0 spiro atoms. The lowest BCUT2D eigenvalue weighted by Gasteiger charge is -2.49. The van der Waals surface area contributed by atoms with E-state index in [-0.39, 0.29) is 12.1 Å². The third kappa shape index (κ3) is 8.59. The van der Waals surface area contributed by atoms with Crippen molar-refractivity contribution >= 4 is 5.97 Å². The number of hydrogen-bond donors (Lipinski definition) is 0. The fourth-order valence-corrected chi connectivity index (χ4v) is 9.45. The van der Waals surface area contributed by atoms with E-state index in [1.807, 2.05) is 0 Å². The lowest BCUT2D eigenvalue weighted by atomic mass is 9.71. The van der Waals surface area contributed by atoms with Crippen LogP contribution in [-0.4, -0.2) is 47.8 Å². The Morgan fingerprint density at radius 1 is 0.625 bits per heavy atom. The quantitative estimate of drug-likeness (QED) is 0.199. The monoisotopic (exact) mass is 555 g/mol. The Morgan fingerprint density at radius 2 is 1.12 bits per heavy atom. The second-order valence-electron chi connectivity index (χ2n) is 14.6. The van der Waals surface area contributed by atoms with Crippen LogP contribution in [0.15, 0.2) is 12.2 Å². The molecule has 5 rings (SSSR count). The van der Waals surface area contributed by atoms with Crippen molar-refractivity contribution in [2.24, 2.45) is 17.8 Å². The van der Waals surface area contributed by atoms with Gasteiger partial charge in [-0.3, -0.25) is 4.90 Å². The molecule has 40 heavy (non-hydrogen) atoms. The number of hydrogen-bond acceptors (Lipinski definition) is 4. The fraction of sp³-hybridized carbons (Fsp3) is 0.917. The van der Waals surface area contributed by atoms with Crippen LogP contribution in [0, 0.1) is 17.8 Å². The van der Waals surface area contributed by atoms with Crippen LogP contribution >= 0.6 is 0 Å². The standard InChI is InChI=1S/C36H61NO3/c1-27(2)36(38)40-35-21-13-28(14-22-35)25-26-39-34-23-19-33(20-24-34)37(31-11-7-4-8-12-31)32-17-15-30(16-18-32)29-9-5-3-6-10-29/h28-35H,1,3-26H2,2H3. The Balaban J connectivity index is 1.03. The third-order valence-electron chi connectivity index (χ3n) is 11.8. The van der Waals surface area contributed by atoms with E-state index in [4.69, 9.17) is 9.47 Å². The molecule has 5 saturated carbocycles. The molecular formula is C36H61NO3. The Kier molecular flexibility index (Phi) is 11.9. The number of carbonyl (C=O) groups excluding carboxylic acids is 1. The minimum atomic E-state index is -0.225. The molecule has 228 valence electrons. The normalized spacial score (nSPS) is 35.0. The summed E-state index contributed by atoms with van der Waals surface area (Å²) in [6.07, 6.45) is 32.0.